The summed E-state index contributed by atoms with van der Waals surface area (Å²) >= 11 is 0. The number of hydrogen-bond acceptors (Lipinski definition) is 5. The Labute approximate surface area is 489 Å². The molecule has 0 spiro atoms. The van der Waals surface area contributed by atoms with Gasteiger partial charge < -0.3 is 20.3 Å². The predicted molar refractivity (Wildman–Crippen MR) is 343 cm³/mol. The minimum absolute atomic E-state index is 0.0276. The molecule has 6 nitrogen and oxygen atoms in total. The van der Waals surface area contributed by atoms with Gasteiger partial charge in [0, 0.05) is 12.8 Å². The molecule has 2 atom stereocenters. The fraction of sp³-hybridized carbons (Fsp3) is 0.972. The highest BCUT2D eigenvalue weighted by Crippen LogP contribution is 2.20. The Bertz CT molecular complexity index is 1130. The van der Waals surface area contributed by atoms with Crippen molar-refractivity contribution in [2.45, 2.75) is 437 Å². The van der Waals surface area contributed by atoms with E-state index >= 15 is 0 Å². The number of hydrogen-bond donors (Lipinski definition) is 3. The van der Waals surface area contributed by atoms with Crippen LogP contribution in [0.4, 0.5) is 0 Å². The first-order valence-electron chi connectivity index (χ1n) is 36.3. The van der Waals surface area contributed by atoms with Gasteiger partial charge in [-0.25, -0.2) is 0 Å². The maximum Gasteiger partial charge on any atom is 0.305 e. The van der Waals surface area contributed by atoms with E-state index in [-0.39, 0.29) is 18.5 Å². The number of rotatable bonds is 69. The van der Waals surface area contributed by atoms with Gasteiger partial charge in [0.05, 0.1) is 25.4 Å². The highest BCUT2D eigenvalue weighted by atomic mass is 16.5. The molecule has 0 aliphatic rings. The van der Waals surface area contributed by atoms with Crippen LogP contribution in [-0.2, 0) is 14.3 Å². The van der Waals surface area contributed by atoms with Gasteiger partial charge in [-0.05, 0) is 25.7 Å². The highest BCUT2D eigenvalue weighted by molar-refractivity contribution is 5.76. The number of nitrogens with one attached hydrogen (secondary N) is 1. The molecule has 0 aromatic heterocycles. The Morgan fingerprint density at radius 1 is 0.308 bits per heavy atom. The topological polar surface area (TPSA) is 95.9 Å². The summed E-state index contributed by atoms with van der Waals surface area (Å²) in [6.45, 7) is 4.98. The van der Waals surface area contributed by atoms with E-state index < -0.39 is 12.1 Å². The predicted octanol–water partition coefficient (Wildman–Crippen LogP) is 23.4. The second kappa shape index (κ2) is 68.4. The molecule has 78 heavy (non-hydrogen) atoms. The van der Waals surface area contributed by atoms with Crippen molar-refractivity contribution >= 4 is 11.9 Å². The maximum atomic E-state index is 12.4. The summed E-state index contributed by atoms with van der Waals surface area (Å²) in [5.74, 6) is -0.00238. The molecule has 466 valence electrons. The Hall–Kier alpha value is -1.14. The summed E-state index contributed by atoms with van der Waals surface area (Å²) in [6.07, 6.45) is 83.3. The van der Waals surface area contributed by atoms with Crippen molar-refractivity contribution in [3.8, 4) is 0 Å². The van der Waals surface area contributed by atoms with Crippen LogP contribution in [0.25, 0.3) is 0 Å². The number of esters is 1. The third-order valence-electron chi connectivity index (χ3n) is 17.4. The second-order valence-corrected chi connectivity index (χ2v) is 25.3. The van der Waals surface area contributed by atoms with Gasteiger partial charge in [-0.15, -0.1) is 0 Å². The lowest BCUT2D eigenvalue weighted by atomic mass is 10.0. The van der Waals surface area contributed by atoms with E-state index in [0.717, 1.165) is 38.5 Å². The minimum atomic E-state index is -0.657. The lowest BCUT2D eigenvalue weighted by Crippen LogP contribution is -2.45. The summed E-state index contributed by atoms with van der Waals surface area (Å²) in [6, 6.07) is -0.534. The summed E-state index contributed by atoms with van der Waals surface area (Å²) < 4.78 is 5.52. The third kappa shape index (κ3) is 64.0. The van der Waals surface area contributed by atoms with Crippen LogP contribution >= 0.6 is 0 Å². The largest absolute Gasteiger partial charge is 0.466 e. The van der Waals surface area contributed by atoms with Crippen molar-refractivity contribution in [2.24, 2.45) is 0 Å². The van der Waals surface area contributed by atoms with E-state index in [1.54, 1.807) is 0 Å². The zero-order chi connectivity index (χ0) is 56.4. The Balaban J connectivity index is 3.25. The van der Waals surface area contributed by atoms with Crippen LogP contribution in [0.2, 0.25) is 0 Å². The van der Waals surface area contributed by atoms with Crippen molar-refractivity contribution in [1.29, 1.82) is 0 Å². The van der Waals surface area contributed by atoms with Crippen molar-refractivity contribution < 1.29 is 24.5 Å². The summed E-state index contributed by atoms with van der Waals surface area (Å²) in [5, 5.41) is 23.2. The van der Waals surface area contributed by atoms with Gasteiger partial charge in [-0.2, -0.15) is 0 Å². The van der Waals surface area contributed by atoms with Gasteiger partial charge >= 0.3 is 5.97 Å². The van der Waals surface area contributed by atoms with Crippen LogP contribution in [0.1, 0.15) is 425 Å². The monoisotopic (exact) mass is 1100 g/mol. The average Bonchev–Trinajstić information content (AvgIpc) is 3.44. The first-order chi connectivity index (χ1) is 38.5. The number of ether oxygens (including phenoxy) is 1. The third-order valence-corrected chi connectivity index (χ3v) is 17.4. The van der Waals surface area contributed by atoms with E-state index in [9.17, 15) is 19.8 Å². The van der Waals surface area contributed by atoms with Gasteiger partial charge in [0.25, 0.3) is 0 Å². The highest BCUT2D eigenvalue weighted by Gasteiger charge is 2.20. The van der Waals surface area contributed by atoms with Crippen molar-refractivity contribution in [1.82, 2.24) is 5.32 Å². The molecule has 0 radical (unpaired) electrons. The molecule has 2 unspecified atom stereocenters. The summed E-state index contributed by atoms with van der Waals surface area (Å²) in [5.41, 5.74) is 0. The quantitative estimate of drug-likeness (QED) is 0.0417. The average molecular weight is 1100 g/mol. The Morgan fingerprint density at radius 3 is 0.782 bits per heavy atom. The molecule has 0 heterocycles. The summed E-state index contributed by atoms with van der Waals surface area (Å²) in [7, 11) is 0. The number of carbonyl (C=O) groups excluding carboxylic acids is 2. The Kier molecular flexibility index (Phi) is 67.4. The van der Waals surface area contributed by atoms with Crippen molar-refractivity contribution in [2.75, 3.05) is 13.2 Å². The molecule has 0 rings (SSSR count). The SMILES string of the molecule is CCCCCCCCCCCCCCCCCCCCCC(=O)OCCCCCCCCCCCCCCCCCCCCCCCCCCCCCCCCCCCC(=O)NC(CO)C(O)CCCCCCCCCCC. The number of aliphatic hydroxyl groups excluding tert-OH is 2. The van der Waals surface area contributed by atoms with Crippen molar-refractivity contribution in [3.05, 3.63) is 0 Å². The first-order valence-corrected chi connectivity index (χ1v) is 36.3. The Morgan fingerprint density at radius 2 is 0.526 bits per heavy atom. The molecular formula is C72H143NO5. The molecule has 0 saturated carbocycles. The molecule has 0 aliphatic carbocycles. The summed E-state index contributed by atoms with van der Waals surface area (Å²) in [4.78, 5) is 24.6. The molecule has 0 fully saturated rings. The van der Waals surface area contributed by atoms with E-state index in [1.165, 1.54) is 353 Å². The van der Waals surface area contributed by atoms with Crippen LogP contribution in [0.15, 0.2) is 0 Å². The zero-order valence-corrected chi connectivity index (χ0v) is 53.4. The van der Waals surface area contributed by atoms with E-state index in [2.05, 4.69) is 19.2 Å². The lowest BCUT2D eigenvalue weighted by Gasteiger charge is -2.22. The van der Waals surface area contributed by atoms with Crippen molar-refractivity contribution in [3.63, 3.8) is 0 Å². The molecule has 0 aromatic carbocycles. The number of carbonyl (C=O) groups is 2. The lowest BCUT2D eigenvalue weighted by molar-refractivity contribution is -0.143. The number of amides is 1. The number of aliphatic hydroxyl groups is 2. The van der Waals surface area contributed by atoms with Gasteiger partial charge in [0.1, 0.15) is 0 Å². The standard InChI is InChI=1S/C72H143NO5/c1-3-5-7-9-11-13-14-15-16-17-33-37-40-43-46-50-54-58-62-66-72(77)78-67-63-59-55-51-47-44-41-38-35-32-30-28-26-24-22-20-18-19-21-23-25-27-29-31-34-36-39-42-45-49-53-57-61-65-71(76)73-69(68-74)70(75)64-60-56-52-48-12-10-8-6-4-2/h69-70,74-75H,3-68H2,1-2H3,(H,73,76). The van der Waals surface area contributed by atoms with Gasteiger partial charge in [-0.3, -0.25) is 9.59 Å². The fourth-order valence-corrected chi connectivity index (χ4v) is 11.9. The normalized spacial score (nSPS) is 12.4. The van der Waals surface area contributed by atoms with Gasteiger partial charge in [0.15, 0.2) is 0 Å². The molecule has 3 N–H and O–H groups in total. The van der Waals surface area contributed by atoms with Crippen LogP contribution in [0.5, 0.6) is 0 Å². The van der Waals surface area contributed by atoms with Crippen LogP contribution in [0.3, 0.4) is 0 Å². The van der Waals surface area contributed by atoms with Crippen LogP contribution in [-0.4, -0.2) is 47.4 Å². The molecule has 1 amide bonds. The molecule has 6 heteroatoms. The second-order valence-electron chi connectivity index (χ2n) is 25.3. The van der Waals surface area contributed by atoms with E-state index in [0.29, 0.717) is 25.9 Å². The molecule has 0 bridgehead atoms. The molecule has 0 saturated heterocycles. The smallest absolute Gasteiger partial charge is 0.305 e. The maximum absolute atomic E-state index is 12.4. The van der Waals surface area contributed by atoms with E-state index in [4.69, 9.17) is 4.74 Å². The molecule has 0 aromatic rings. The van der Waals surface area contributed by atoms with E-state index in [1.807, 2.05) is 0 Å². The fourth-order valence-electron chi connectivity index (χ4n) is 11.9. The van der Waals surface area contributed by atoms with Gasteiger partial charge in [-0.1, -0.05) is 386 Å². The zero-order valence-electron chi connectivity index (χ0n) is 53.4. The molecule has 0 aliphatic heterocycles. The molecular weight excluding hydrogens is 959 g/mol. The number of unbranched alkanes of at least 4 members (excludes halogenated alkanes) is 58. The van der Waals surface area contributed by atoms with Crippen LogP contribution in [0, 0.1) is 0 Å². The minimum Gasteiger partial charge on any atom is -0.466 e. The van der Waals surface area contributed by atoms with Crippen LogP contribution < -0.4 is 5.32 Å². The first kappa shape index (κ1) is 76.9. The van der Waals surface area contributed by atoms with Gasteiger partial charge in [0.2, 0.25) is 5.91 Å².